The van der Waals surface area contributed by atoms with Crippen molar-refractivity contribution < 1.29 is 0 Å². The molecule has 1 unspecified atom stereocenters. The van der Waals surface area contributed by atoms with E-state index in [1.54, 1.807) is 0 Å². The van der Waals surface area contributed by atoms with E-state index in [2.05, 4.69) is 30.2 Å². The van der Waals surface area contributed by atoms with Gasteiger partial charge in [0.15, 0.2) is 0 Å². The van der Waals surface area contributed by atoms with Crippen molar-refractivity contribution in [3.05, 3.63) is 23.0 Å². The first-order valence-corrected chi connectivity index (χ1v) is 5.17. The van der Waals surface area contributed by atoms with Gasteiger partial charge in [-0.3, -0.25) is 0 Å². The van der Waals surface area contributed by atoms with Crippen molar-refractivity contribution in [1.82, 2.24) is 10.3 Å². The van der Waals surface area contributed by atoms with Gasteiger partial charge in [0.05, 0.1) is 0 Å². The Morgan fingerprint density at radius 2 is 2.15 bits per heavy atom. The summed E-state index contributed by atoms with van der Waals surface area (Å²) in [6.45, 7) is 5.48. The Kier molecular flexibility index (Phi) is 2.40. The fraction of sp³-hybridized carbons (Fsp3) is 0.636. The van der Waals surface area contributed by atoms with Crippen LogP contribution in [0, 0.1) is 13.8 Å². The van der Waals surface area contributed by atoms with Crippen LogP contribution in [-0.2, 0) is 0 Å². The highest BCUT2D eigenvalue weighted by molar-refractivity contribution is 5.26. The van der Waals surface area contributed by atoms with E-state index in [0.29, 0.717) is 6.04 Å². The summed E-state index contributed by atoms with van der Waals surface area (Å²) in [7, 11) is 0. The molecule has 2 heterocycles. The largest absolute Gasteiger partial charge is 0.361 e. The average molecular weight is 178 g/mol. The van der Waals surface area contributed by atoms with E-state index in [1.165, 1.54) is 42.8 Å². The Balaban J connectivity index is 2.18. The second-order valence-electron chi connectivity index (χ2n) is 4.05. The molecule has 2 rings (SSSR count). The van der Waals surface area contributed by atoms with Gasteiger partial charge < -0.3 is 10.3 Å². The maximum Gasteiger partial charge on any atom is 0.0475 e. The Morgan fingerprint density at radius 3 is 2.69 bits per heavy atom. The van der Waals surface area contributed by atoms with Gasteiger partial charge in [0.2, 0.25) is 0 Å². The number of rotatable bonds is 1. The van der Waals surface area contributed by atoms with Gasteiger partial charge >= 0.3 is 0 Å². The summed E-state index contributed by atoms with van der Waals surface area (Å²) in [6.07, 6.45) is 3.96. The molecule has 1 aliphatic rings. The first kappa shape index (κ1) is 8.82. The average Bonchev–Trinajstić information content (AvgIpc) is 2.47. The van der Waals surface area contributed by atoms with Crippen LogP contribution in [0.4, 0.5) is 0 Å². The van der Waals surface area contributed by atoms with Crippen LogP contribution in [0.3, 0.4) is 0 Å². The smallest absolute Gasteiger partial charge is 0.0475 e. The molecule has 0 aromatic carbocycles. The first-order valence-electron chi connectivity index (χ1n) is 5.17. The highest BCUT2D eigenvalue weighted by Crippen LogP contribution is 2.24. The lowest BCUT2D eigenvalue weighted by Gasteiger charge is -2.23. The SMILES string of the molecule is Cc1cc(C)c(C2CCCCN2)[nH]1. The standard InChI is InChI=1S/C11H18N2/c1-8-7-9(2)13-11(8)10-5-3-4-6-12-10/h7,10,12-13H,3-6H2,1-2H3. The van der Waals surface area contributed by atoms with Crippen LogP contribution in [-0.4, -0.2) is 11.5 Å². The van der Waals surface area contributed by atoms with Crippen molar-refractivity contribution in [1.29, 1.82) is 0 Å². The van der Waals surface area contributed by atoms with Crippen LogP contribution >= 0.6 is 0 Å². The van der Waals surface area contributed by atoms with E-state index < -0.39 is 0 Å². The second-order valence-corrected chi connectivity index (χ2v) is 4.05. The third-order valence-electron chi connectivity index (χ3n) is 2.85. The van der Waals surface area contributed by atoms with Gasteiger partial charge in [-0.25, -0.2) is 0 Å². The molecule has 0 amide bonds. The summed E-state index contributed by atoms with van der Waals surface area (Å²) in [4.78, 5) is 3.45. The number of H-pyrrole nitrogens is 1. The molecule has 2 nitrogen and oxygen atoms in total. The lowest BCUT2D eigenvalue weighted by Crippen LogP contribution is -2.27. The third kappa shape index (κ3) is 1.78. The van der Waals surface area contributed by atoms with Crippen molar-refractivity contribution >= 4 is 0 Å². The lowest BCUT2D eigenvalue weighted by atomic mass is 10.0. The predicted octanol–water partition coefficient (Wildman–Crippen LogP) is 2.45. The zero-order valence-electron chi connectivity index (χ0n) is 8.48. The molecule has 1 aliphatic heterocycles. The summed E-state index contributed by atoms with van der Waals surface area (Å²) in [5.74, 6) is 0. The number of aromatic amines is 1. The first-order chi connectivity index (χ1) is 6.27. The Labute approximate surface area is 79.7 Å². The molecule has 1 saturated heterocycles. The minimum absolute atomic E-state index is 0.572. The van der Waals surface area contributed by atoms with Crippen molar-refractivity contribution in [2.45, 2.75) is 39.2 Å². The molecule has 0 bridgehead atoms. The number of nitrogens with one attached hydrogen (secondary N) is 2. The third-order valence-corrected chi connectivity index (χ3v) is 2.85. The van der Waals surface area contributed by atoms with E-state index in [9.17, 15) is 0 Å². The van der Waals surface area contributed by atoms with Crippen LogP contribution in [0.5, 0.6) is 0 Å². The number of aryl methyl sites for hydroxylation is 2. The van der Waals surface area contributed by atoms with Gasteiger partial charge in [0.1, 0.15) is 0 Å². The molecule has 2 heteroatoms. The number of aromatic nitrogens is 1. The van der Waals surface area contributed by atoms with Crippen molar-refractivity contribution in [2.75, 3.05) is 6.54 Å². The van der Waals surface area contributed by atoms with E-state index in [1.807, 2.05) is 0 Å². The minimum atomic E-state index is 0.572. The molecule has 0 radical (unpaired) electrons. The zero-order chi connectivity index (χ0) is 9.26. The molecule has 13 heavy (non-hydrogen) atoms. The Hall–Kier alpha value is -0.760. The van der Waals surface area contributed by atoms with Crippen LogP contribution < -0.4 is 5.32 Å². The molecule has 1 aromatic rings. The number of hydrogen-bond donors (Lipinski definition) is 2. The lowest BCUT2D eigenvalue weighted by molar-refractivity contribution is 0.405. The van der Waals surface area contributed by atoms with Gasteiger partial charge in [0, 0.05) is 17.4 Å². The molecule has 0 spiro atoms. The minimum Gasteiger partial charge on any atom is -0.361 e. The second kappa shape index (κ2) is 3.54. The zero-order valence-corrected chi connectivity index (χ0v) is 8.48. The van der Waals surface area contributed by atoms with Crippen molar-refractivity contribution in [2.24, 2.45) is 0 Å². The molecule has 1 fully saturated rings. The van der Waals surface area contributed by atoms with Crippen molar-refractivity contribution in [3.63, 3.8) is 0 Å². The van der Waals surface area contributed by atoms with Gasteiger partial charge in [-0.2, -0.15) is 0 Å². The normalized spacial score (nSPS) is 23.4. The molecular formula is C11H18N2. The summed E-state index contributed by atoms with van der Waals surface area (Å²) in [5.41, 5.74) is 4.08. The van der Waals surface area contributed by atoms with E-state index in [4.69, 9.17) is 0 Å². The summed E-state index contributed by atoms with van der Waals surface area (Å²) in [6, 6.07) is 2.80. The quantitative estimate of drug-likeness (QED) is 0.679. The molecule has 1 atom stereocenters. The summed E-state index contributed by atoms with van der Waals surface area (Å²) >= 11 is 0. The molecule has 0 saturated carbocycles. The summed E-state index contributed by atoms with van der Waals surface area (Å²) < 4.78 is 0. The summed E-state index contributed by atoms with van der Waals surface area (Å²) in [5, 5.41) is 3.56. The number of piperidine rings is 1. The molecule has 2 N–H and O–H groups in total. The fourth-order valence-corrected chi connectivity index (χ4v) is 2.21. The monoisotopic (exact) mass is 178 g/mol. The molecule has 1 aromatic heterocycles. The van der Waals surface area contributed by atoms with Gasteiger partial charge in [-0.15, -0.1) is 0 Å². The fourth-order valence-electron chi connectivity index (χ4n) is 2.21. The maximum atomic E-state index is 3.56. The van der Waals surface area contributed by atoms with E-state index in [0.717, 1.165) is 0 Å². The molecular weight excluding hydrogens is 160 g/mol. The predicted molar refractivity (Wildman–Crippen MR) is 54.9 cm³/mol. The van der Waals surface area contributed by atoms with Gasteiger partial charge in [-0.1, -0.05) is 6.42 Å². The topological polar surface area (TPSA) is 27.8 Å². The number of hydrogen-bond acceptors (Lipinski definition) is 1. The van der Waals surface area contributed by atoms with Crippen LogP contribution in [0.25, 0.3) is 0 Å². The van der Waals surface area contributed by atoms with Gasteiger partial charge in [-0.05, 0) is 44.9 Å². The Bertz CT molecular complexity index is 282. The van der Waals surface area contributed by atoms with Crippen LogP contribution in [0.1, 0.15) is 42.3 Å². The van der Waals surface area contributed by atoms with E-state index >= 15 is 0 Å². The van der Waals surface area contributed by atoms with Crippen LogP contribution in [0.15, 0.2) is 6.07 Å². The van der Waals surface area contributed by atoms with E-state index in [-0.39, 0.29) is 0 Å². The Morgan fingerprint density at radius 1 is 1.31 bits per heavy atom. The van der Waals surface area contributed by atoms with Gasteiger partial charge in [0.25, 0.3) is 0 Å². The maximum absolute atomic E-state index is 3.56. The van der Waals surface area contributed by atoms with Crippen LogP contribution in [0.2, 0.25) is 0 Å². The van der Waals surface area contributed by atoms with Crippen molar-refractivity contribution in [3.8, 4) is 0 Å². The molecule has 72 valence electrons. The molecule has 0 aliphatic carbocycles. The highest BCUT2D eigenvalue weighted by Gasteiger charge is 2.17. The highest BCUT2D eigenvalue weighted by atomic mass is 15.0.